The first kappa shape index (κ1) is 20.9. The Kier molecular flexibility index (Phi) is 6.55. The molecule has 1 atom stereocenters. The fraction of sp³-hybridized carbons (Fsp3) is 0.200. The highest BCUT2D eigenvalue weighted by Crippen LogP contribution is 2.50. The summed E-state index contributed by atoms with van der Waals surface area (Å²) < 4.78 is -0.703. The molecule has 0 aromatic heterocycles. The SMILES string of the molecule is CC(=O)[C@@H](SC(c1ccccc1)(c1ccccc1)c1ccccc1)C(=O)N(C)C. The predicted molar refractivity (Wildman–Crippen MR) is 120 cm³/mol. The van der Waals surface area contributed by atoms with Crippen molar-refractivity contribution >= 4 is 23.5 Å². The van der Waals surface area contributed by atoms with Gasteiger partial charge in [-0.05, 0) is 23.6 Å². The van der Waals surface area contributed by atoms with Crippen molar-refractivity contribution in [3.05, 3.63) is 108 Å². The standard InChI is InChI=1S/C25H25NO2S/c1-19(27)23(24(28)26(2)3)29-25(20-13-7-4-8-14-20,21-15-9-5-10-16-21)22-17-11-6-12-18-22/h4-18,23H,1-3H3/t23-/m1/s1. The van der Waals surface area contributed by atoms with Crippen LogP contribution in [0.15, 0.2) is 91.0 Å². The normalized spacial score (nSPS) is 12.2. The fourth-order valence-corrected chi connectivity index (χ4v) is 5.09. The molecule has 3 aromatic rings. The Morgan fingerprint density at radius 3 is 1.34 bits per heavy atom. The van der Waals surface area contributed by atoms with Crippen LogP contribution in [0.25, 0.3) is 0 Å². The van der Waals surface area contributed by atoms with Crippen LogP contribution >= 0.6 is 11.8 Å². The number of nitrogens with zero attached hydrogens (tertiary/aromatic N) is 1. The number of amides is 1. The third-order valence-corrected chi connectivity index (χ3v) is 6.70. The number of ketones is 1. The van der Waals surface area contributed by atoms with Gasteiger partial charge in [0, 0.05) is 14.1 Å². The van der Waals surface area contributed by atoms with Crippen LogP contribution in [0.1, 0.15) is 23.6 Å². The number of hydrogen-bond donors (Lipinski definition) is 0. The first-order valence-electron chi connectivity index (χ1n) is 9.53. The van der Waals surface area contributed by atoms with E-state index >= 15 is 0 Å². The summed E-state index contributed by atoms with van der Waals surface area (Å²) in [7, 11) is 3.38. The molecule has 0 saturated carbocycles. The zero-order chi connectivity index (χ0) is 20.9. The van der Waals surface area contributed by atoms with Gasteiger partial charge in [0.1, 0.15) is 5.25 Å². The molecule has 0 aliphatic carbocycles. The molecule has 0 aliphatic heterocycles. The number of hydrogen-bond acceptors (Lipinski definition) is 3. The third kappa shape index (κ3) is 4.28. The minimum Gasteiger partial charge on any atom is -0.347 e. The molecule has 29 heavy (non-hydrogen) atoms. The molecule has 0 fully saturated rings. The van der Waals surface area contributed by atoms with Crippen LogP contribution in [0, 0.1) is 0 Å². The Bertz CT molecular complexity index is 859. The summed E-state index contributed by atoms with van der Waals surface area (Å²) in [6.07, 6.45) is 0. The second kappa shape index (κ2) is 9.10. The molecule has 148 valence electrons. The van der Waals surface area contributed by atoms with Crippen molar-refractivity contribution in [2.75, 3.05) is 14.1 Å². The molecule has 0 heterocycles. The van der Waals surface area contributed by atoms with Gasteiger partial charge in [0.2, 0.25) is 5.91 Å². The Morgan fingerprint density at radius 1 is 0.724 bits per heavy atom. The topological polar surface area (TPSA) is 37.4 Å². The van der Waals surface area contributed by atoms with E-state index in [0.717, 1.165) is 16.7 Å². The Morgan fingerprint density at radius 2 is 1.07 bits per heavy atom. The van der Waals surface area contributed by atoms with Gasteiger partial charge < -0.3 is 4.90 Å². The van der Waals surface area contributed by atoms with Crippen molar-refractivity contribution in [1.82, 2.24) is 4.90 Å². The Labute approximate surface area is 176 Å². The highest BCUT2D eigenvalue weighted by Gasteiger charge is 2.42. The molecule has 0 saturated heterocycles. The van der Waals surface area contributed by atoms with E-state index in [4.69, 9.17) is 0 Å². The molecule has 0 radical (unpaired) electrons. The number of carbonyl (C=O) groups excluding carboxylic acids is 2. The van der Waals surface area contributed by atoms with Crippen LogP contribution in [0.5, 0.6) is 0 Å². The summed E-state index contributed by atoms with van der Waals surface area (Å²) in [6.45, 7) is 1.49. The van der Waals surface area contributed by atoms with Crippen molar-refractivity contribution in [2.24, 2.45) is 0 Å². The molecule has 3 aromatic carbocycles. The average molecular weight is 404 g/mol. The summed E-state index contributed by atoms with van der Waals surface area (Å²) in [5.41, 5.74) is 3.08. The summed E-state index contributed by atoms with van der Waals surface area (Å²) in [5.74, 6) is -0.351. The number of thioether (sulfide) groups is 1. The quantitative estimate of drug-likeness (QED) is 0.422. The molecule has 0 bridgehead atoms. The number of carbonyl (C=O) groups is 2. The molecule has 3 nitrogen and oxygen atoms in total. The third-order valence-electron chi connectivity index (χ3n) is 4.87. The van der Waals surface area contributed by atoms with Crippen molar-refractivity contribution in [3.63, 3.8) is 0 Å². The largest absolute Gasteiger partial charge is 0.347 e. The highest BCUT2D eigenvalue weighted by molar-refractivity contribution is 8.02. The molecular weight excluding hydrogens is 378 g/mol. The van der Waals surface area contributed by atoms with Crippen LogP contribution in [0.2, 0.25) is 0 Å². The lowest BCUT2D eigenvalue weighted by atomic mass is 9.84. The molecule has 4 heteroatoms. The molecule has 0 unspecified atom stereocenters. The van der Waals surface area contributed by atoms with Crippen molar-refractivity contribution in [2.45, 2.75) is 16.9 Å². The van der Waals surface area contributed by atoms with E-state index < -0.39 is 10.00 Å². The number of rotatable bonds is 7. The summed E-state index contributed by atoms with van der Waals surface area (Å²) >= 11 is 1.40. The maximum Gasteiger partial charge on any atom is 0.242 e. The van der Waals surface area contributed by atoms with E-state index in [1.165, 1.54) is 23.6 Å². The van der Waals surface area contributed by atoms with E-state index in [-0.39, 0.29) is 11.7 Å². The number of Topliss-reactive ketones (excluding diaryl/α,β-unsaturated/α-hetero) is 1. The van der Waals surface area contributed by atoms with Gasteiger partial charge in [-0.2, -0.15) is 0 Å². The molecular formula is C25H25NO2S. The van der Waals surface area contributed by atoms with Crippen LogP contribution in [-0.2, 0) is 14.3 Å². The average Bonchev–Trinajstić information content (AvgIpc) is 2.76. The first-order valence-corrected chi connectivity index (χ1v) is 10.4. The Balaban J connectivity index is 2.30. The summed E-state index contributed by atoms with van der Waals surface area (Å²) in [6, 6.07) is 30.2. The van der Waals surface area contributed by atoms with E-state index in [0.29, 0.717) is 0 Å². The van der Waals surface area contributed by atoms with Gasteiger partial charge in [-0.15, -0.1) is 11.8 Å². The minimum atomic E-state index is -0.814. The van der Waals surface area contributed by atoms with Gasteiger partial charge in [-0.1, -0.05) is 91.0 Å². The lowest BCUT2D eigenvalue weighted by Crippen LogP contribution is -2.40. The predicted octanol–water partition coefficient (Wildman–Crippen LogP) is 4.76. The van der Waals surface area contributed by atoms with E-state index in [1.807, 2.05) is 54.6 Å². The van der Waals surface area contributed by atoms with Crippen LogP contribution < -0.4 is 0 Å². The monoisotopic (exact) mass is 403 g/mol. The summed E-state index contributed by atoms with van der Waals surface area (Å²) in [5, 5.41) is -0.814. The molecule has 0 spiro atoms. The van der Waals surface area contributed by atoms with Crippen LogP contribution in [-0.4, -0.2) is 35.9 Å². The highest BCUT2D eigenvalue weighted by atomic mass is 32.2. The molecule has 1 amide bonds. The first-order chi connectivity index (χ1) is 14.0. The second-order valence-electron chi connectivity index (χ2n) is 7.12. The van der Waals surface area contributed by atoms with Crippen molar-refractivity contribution in [1.29, 1.82) is 0 Å². The van der Waals surface area contributed by atoms with Crippen molar-refractivity contribution in [3.8, 4) is 0 Å². The van der Waals surface area contributed by atoms with Gasteiger partial charge in [0.05, 0.1) is 4.75 Å². The van der Waals surface area contributed by atoms with Crippen molar-refractivity contribution < 1.29 is 9.59 Å². The summed E-state index contributed by atoms with van der Waals surface area (Å²) in [4.78, 5) is 27.0. The number of benzene rings is 3. The maximum absolute atomic E-state index is 12.9. The fourth-order valence-electron chi connectivity index (χ4n) is 3.44. The minimum absolute atomic E-state index is 0.152. The zero-order valence-electron chi connectivity index (χ0n) is 16.9. The van der Waals surface area contributed by atoms with E-state index in [2.05, 4.69) is 36.4 Å². The lowest BCUT2D eigenvalue weighted by Gasteiger charge is -2.37. The second-order valence-corrected chi connectivity index (χ2v) is 8.44. The smallest absolute Gasteiger partial charge is 0.242 e. The van der Waals surface area contributed by atoms with E-state index in [9.17, 15) is 9.59 Å². The molecule has 3 rings (SSSR count). The zero-order valence-corrected chi connectivity index (χ0v) is 17.7. The maximum atomic E-state index is 12.9. The lowest BCUT2D eigenvalue weighted by molar-refractivity contribution is -0.132. The van der Waals surface area contributed by atoms with Gasteiger partial charge in [0.25, 0.3) is 0 Å². The van der Waals surface area contributed by atoms with Gasteiger partial charge in [-0.3, -0.25) is 9.59 Å². The van der Waals surface area contributed by atoms with Gasteiger partial charge in [-0.25, -0.2) is 0 Å². The van der Waals surface area contributed by atoms with Crippen LogP contribution in [0.3, 0.4) is 0 Å². The van der Waals surface area contributed by atoms with Gasteiger partial charge in [0.15, 0.2) is 5.78 Å². The Hall–Kier alpha value is -2.85. The molecule has 0 aliphatic rings. The molecule has 0 N–H and O–H groups in total. The van der Waals surface area contributed by atoms with E-state index in [1.54, 1.807) is 14.1 Å². The van der Waals surface area contributed by atoms with Gasteiger partial charge >= 0.3 is 0 Å². The van der Waals surface area contributed by atoms with Crippen LogP contribution in [0.4, 0.5) is 0 Å².